The zero-order chi connectivity index (χ0) is 9.97. The highest BCUT2D eigenvalue weighted by Gasteiger charge is 2.17. The third-order valence-corrected chi connectivity index (χ3v) is 2.53. The number of hydrogen-bond acceptors (Lipinski definition) is 3. The van der Waals surface area contributed by atoms with Crippen LogP contribution in [0.15, 0.2) is 12.3 Å². The summed E-state index contributed by atoms with van der Waals surface area (Å²) in [5, 5.41) is 0.653. The molecule has 1 saturated heterocycles. The predicted octanol–water partition coefficient (Wildman–Crippen LogP) is 2.48. The van der Waals surface area contributed by atoms with Crippen molar-refractivity contribution in [3.8, 4) is 0 Å². The standard InChI is InChI=1S/C10H12ClNO2/c1-7-9(11)5-8(6-12-7)10-13-3-2-4-14-10/h5-6,10H,2-4H2,1H3. The lowest BCUT2D eigenvalue weighted by Gasteiger charge is -2.23. The predicted molar refractivity (Wildman–Crippen MR) is 53.2 cm³/mol. The summed E-state index contributed by atoms with van der Waals surface area (Å²) in [5.41, 5.74) is 1.71. The minimum Gasteiger partial charge on any atom is -0.348 e. The molecule has 1 aromatic heterocycles. The molecule has 0 saturated carbocycles. The molecule has 0 aliphatic carbocycles. The van der Waals surface area contributed by atoms with Gasteiger partial charge in [-0.1, -0.05) is 11.6 Å². The Bertz CT molecular complexity index is 324. The third kappa shape index (κ3) is 2.05. The van der Waals surface area contributed by atoms with Gasteiger partial charge in [-0.2, -0.15) is 0 Å². The fraction of sp³-hybridized carbons (Fsp3) is 0.500. The molecule has 3 nitrogen and oxygen atoms in total. The fourth-order valence-corrected chi connectivity index (χ4v) is 1.50. The van der Waals surface area contributed by atoms with Gasteiger partial charge in [-0.05, 0) is 19.4 Å². The summed E-state index contributed by atoms with van der Waals surface area (Å²) in [4.78, 5) is 4.16. The van der Waals surface area contributed by atoms with Crippen LogP contribution in [0.4, 0.5) is 0 Å². The molecule has 4 heteroatoms. The van der Waals surface area contributed by atoms with E-state index in [1.807, 2.05) is 13.0 Å². The van der Waals surface area contributed by atoms with E-state index in [1.165, 1.54) is 0 Å². The lowest BCUT2D eigenvalue weighted by Crippen LogP contribution is -2.17. The molecule has 0 aromatic carbocycles. The minimum atomic E-state index is -0.297. The number of rotatable bonds is 1. The largest absolute Gasteiger partial charge is 0.348 e. The molecule has 1 fully saturated rings. The molecule has 14 heavy (non-hydrogen) atoms. The highest BCUT2D eigenvalue weighted by molar-refractivity contribution is 6.31. The normalized spacial score (nSPS) is 18.4. The number of nitrogens with zero attached hydrogens (tertiary/aromatic N) is 1. The third-order valence-electron chi connectivity index (χ3n) is 2.15. The number of aromatic nitrogens is 1. The molecule has 76 valence electrons. The zero-order valence-corrected chi connectivity index (χ0v) is 8.75. The first-order valence-corrected chi connectivity index (χ1v) is 5.00. The number of aryl methyl sites for hydroxylation is 1. The van der Waals surface area contributed by atoms with Crippen LogP contribution >= 0.6 is 11.6 Å². The van der Waals surface area contributed by atoms with E-state index in [0.717, 1.165) is 30.9 Å². The van der Waals surface area contributed by atoms with Gasteiger partial charge >= 0.3 is 0 Å². The monoisotopic (exact) mass is 213 g/mol. The second-order valence-electron chi connectivity index (χ2n) is 3.26. The summed E-state index contributed by atoms with van der Waals surface area (Å²) in [6.07, 6.45) is 2.40. The Balaban J connectivity index is 2.18. The van der Waals surface area contributed by atoms with Gasteiger partial charge in [0.1, 0.15) is 0 Å². The van der Waals surface area contributed by atoms with Crippen molar-refractivity contribution in [2.45, 2.75) is 19.6 Å². The molecule has 0 radical (unpaired) electrons. The Kier molecular flexibility index (Phi) is 3.01. The van der Waals surface area contributed by atoms with Crippen LogP contribution in [0.1, 0.15) is 24.0 Å². The average molecular weight is 214 g/mol. The van der Waals surface area contributed by atoms with Gasteiger partial charge in [0, 0.05) is 11.8 Å². The Labute approximate surface area is 88.0 Å². The molecule has 1 aliphatic rings. The Morgan fingerprint density at radius 1 is 1.43 bits per heavy atom. The molecule has 2 rings (SSSR count). The molecular formula is C10H12ClNO2. The molecule has 0 amide bonds. The first-order valence-electron chi connectivity index (χ1n) is 4.62. The van der Waals surface area contributed by atoms with Crippen LogP contribution in [0.5, 0.6) is 0 Å². The van der Waals surface area contributed by atoms with Gasteiger partial charge in [-0.3, -0.25) is 4.98 Å². The number of ether oxygens (including phenoxy) is 2. The quantitative estimate of drug-likeness (QED) is 0.718. The molecule has 1 aromatic rings. The molecular weight excluding hydrogens is 202 g/mol. The van der Waals surface area contributed by atoms with Crippen molar-refractivity contribution in [2.75, 3.05) is 13.2 Å². The maximum absolute atomic E-state index is 5.96. The second-order valence-corrected chi connectivity index (χ2v) is 3.67. The average Bonchev–Trinajstić information content (AvgIpc) is 2.23. The number of hydrogen-bond donors (Lipinski definition) is 0. The summed E-state index contributed by atoms with van der Waals surface area (Å²) < 4.78 is 10.9. The first kappa shape index (κ1) is 9.90. The van der Waals surface area contributed by atoms with Crippen molar-refractivity contribution >= 4 is 11.6 Å². The second kappa shape index (κ2) is 4.26. The maximum Gasteiger partial charge on any atom is 0.185 e. The SMILES string of the molecule is Cc1ncc(C2OCCCO2)cc1Cl. The summed E-state index contributed by atoms with van der Waals surface area (Å²) in [7, 11) is 0. The van der Waals surface area contributed by atoms with E-state index in [-0.39, 0.29) is 6.29 Å². The van der Waals surface area contributed by atoms with Crippen LogP contribution in [0.25, 0.3) is 0 Å². The van der Waals surface area contributed by atoms with Crippen molar-refractivity contribution in [3.63, 3.8) is 0 Å². The van der Waals surface area contributed by atoms with Gasteiger partial charge in [0.15, 0.2) is 6.29 Å². The minimum absolute atomic E-state index is 0.297. The molecule has 0 atom stereocenters. The van der Waals surface area contributed by atoms with E-state index in [2.05, 4.69) is 4.98 Å². The summed E-state index contributed by atoms with van der Waals surface area (Å²) in [6.45, 7) is 3.33. The topological polar surface area (TPSA) is 31.4 Å². The van der Waals surface area contributed by atoms with Crippen LogP contribution in [0.3, 0.4) is 0 Å². The molecule has 0 unspecified atom stereocenters. The lowest BCUT2D eigenvalue weighted by atomic mass is 10.2. The highest BCUT2D eigenvalue weighted by Crippen LogP contribution is 2.25. The molecule has 0 N–H and O–H groups in total. The molecule has 0 spiro atoms. The Morgan fingerprint density at radius 3 is 2.79 bits per heavy atom. The van der Waals surface area contributed by atoms with Gasteiger partial charge in [-0.15, -0.1) is 0 Å². The van der Waals surface area contributed by atoms with E-state index >= 15 is 0 Å². The first-order chi connectivity index (χ1) is 6.77. The van der Waals surface area contributed by atoms with Crippen molar-refractivity contribution < 1.29 is 9.47 Å². The zero-order valence-electron chi connectivity index (χ0n) is 8.00. The van der Waals surface area contributed by atoms with E-state index in [4.69, 9.17) is 21.1 Å². The number of halogens is 1. The van der Waals surface area contributed by atoms with Crippen molar-refractivity contribution in [1.82, 2.24) is 4.98 Å². The lowest BCUT2D eigenvalue weighted by molar-refractivity contribution is -0.183. The van der Waals surface area contributed by atoms with Crippen molar-refractivity contribution in [3.05, 3.63) is 28.5 Å². The van der Waals surface area contributed by atoms with Gasteiger partial charge in [0.2, 0.25) is 0 Å². The Morgan fingerprint density at radius 2 is 2.14 bits per heavy atom. The van der Waals surface area contributed by atoms with Crippen LogP contribution in [0.2, 0.25) is 5.02 Å². The van der Waals surface area contributed by atoms with Crippen LogP contribution in [-0.4, -0.2) is 18.2 Å². The van der Waals surface area contributed by atoms with Crippen LogP contribution < -0.4 is 0 Å². The molecule has 0 bridgehead atoms. The summed E-state index contributed by atoms with van der Waals surface area (Å²) >= 11 is 5.96. The molecule has 1 aliphatic heterocycles. The summed E-state index contributed by atoms with van der Waals surface area (Å²) in [6, 6.07) is 1.85. The van der Waals surface area contributed by atoms with Crippen molar-refractivity contribution in [2.24, 2.45) is 0 Å². The highest BCUT2D eigenvalue weighted by atomic mass is 35.5. The van der Waals surface area contributed by atoms with E-state index in [1.54, 1.807) is 6.20 Å². The smallest absolute Gasteiger partial charge is 0.185 e. The van der Waals surface area contributed by atoms with Crippen LogP contribution in [-0.2, 0) is 9.47 Å². The van der Waals surface area contributed by atoms with Gasteiger partial charge in [0.25, 0.3) is 0 Å². The fourth-order valence-electron chi connectivity index (χ4n) is 1.33. The van der Waals surface area contributed by atoms with E-state index in [9.17, 15) is 0 Å². The van der Waals surface area contributed by atoms with E-state index < -0.39 is 0 Å². The summed E-state index contributed by atoms with van der Waals surface area (Å²) in [5.74, 6) is 0. The maximum atomic E-state index is 5.96. The molecule has 2 heterocycles. The van der Waals surface area contributed by atoms with Gasteiger partial charge in [0.05, 0.1) is 23.9 Å². The Hall–Kier alpha value is -0.640. The number of pyridine rings is 1. The van der Waals surface area contributed by atoms with Crippen molar-refractivity contribution in [1.29, 1.82) is 0 Å². The van der Waals surface area contributed by atoms with Gasteiger partial charge in [-0.25, -0.2) is 0 Å². The van der Waals surface area contributed by atoms with Crippen LogP contribution in [0, 0.1) is 6.92 Å². The van der Waals surface area contributed by atoms with E-state index in [0.29, 0.717) is 5.02 Å². The van der Waals surface area contributed by atoms with Gasteiger partial charge < -0.3 is 9.47 Å².